The van der Waals surface area contributed by atoms with Crippen LogP contribution in [0.3, 0.4) is 0 Å². The first-order chi connectivity index (χ1) is 16.8. The maximum atomic E-state index is 14.5. The molecule has 3 aliphatic heterocycles. The quantitative estimate of drug-likeness (QED) is 0.382. The summed E-state index contributed by atoms with van der Waals surface area (Å²) < 4.78 is 6.98. The van der Waals surface area contributed by atoms with Crippen molar-refractivity contribution < 1.29 is 9.53 Å². The number of ether oxygens (including phenoxy) is 1. The number of rotatable bonds is 2. The van der Waals surface area contributed by atoms with E-state index in [0.717, 1.165) is 39.2 Å². The van der Waals surface area contributed by atoms with E-state index in [9.17, 15) is 4.79 Å². The molecule has 164 valence electrons. The minimum Gasteiger partial charge on any atom is -0.328 e. The Balaban J connectivity index is 1.45. The van der Waals surface area contributed by atoms with Crippen LogP contribution in [0.4, 0.5) is 11.4 Å². The Morgan fingerprint density at radius 2 is 1.38 bits per heavy atom. The maximum Gasteiger partial charge on any atom is 0.269 e. The van der Waals surface area contributed by atoms with Gasteiger partial charge in [0.25, 0.3) is 5.91 Å². The number of amides is 1. The van der Waals surface area contributed by atoms with Crippen molar-refractivity contribution in [2.45, 2.75) is 18.4 Å². The van der Waals surface area contributed by atoms with Crippen molar-refractivity contribution in [2.24, 2.45) is 0 Å². The lowest BCUT2D eigenvalue weighted by atomic mass is 9.83. The highest BCUT2D eigenvalue weighted by molar-refractivity contribution is 6.10. The molecule has 0 aromatic heterocycles. The fraction of sp³-hybridized carbons (Fsp3) is 0.100. The summed E-state index contributed by atoms with van der Waals surface area (Å²) in [6, 6.07) is 34.5. The molecule has 0 bridgehead atoms. The van der Waals surface area contributed by atoms with Gasteiger partial charge in [-0.15, -0.1) is 0 Å². The van der Waals surface area contributed by atoms with Crippen LogP contribution in [0.15, 0.2) is 109 Å². The molecule has 2 atom stereocenters. The van der Waals surface area contributed by atoms with Gasteiger partial charge in [-0.1, -0.05) is 91.0 Å². The average molecular weight is 443 g/mol. The molecular formula is C30H22N2O2. The molecule has 1 spiro atoms. The van der Waals surface area contributed by atoms with E-state index in [1.165, 1.54) is 0 Å². The third kappa shape index (κ3) is 2.54. The Labute approximate surface area is 198 Å². The average Bonchev–Trinajstić information content (AvgIpc) is 3.13. The summed E-state index contributed by atoms with van der Waals surface area (Å²) in [5, 5.41) is 0. The summed E-state index contributed by atoms with van der Waals surface area (Å²) in [7, 11) is 0. The van der Waals surface area contributed by atoms with Crippen LogP contribution in [0, 0.1) is 0 Å². The number of nitrogens with zero attached hydrogens (tertiary/aromatic N) is 2. The highest BCUT2D eigenvalue weighted by Crippen LogP contribution is 2.56. The Morgan fingerprint density at radius 1 is 0.735 bits per heavy atom. The number of hydrogen-bond acceptors (Lipinski definition) is 3. The van der Waals surface area contributed by atoms with E-state index in [-0.39, 0.29) is 5.91 Å². The second kappa shape index (κ2) is 7.17. The normalized spacial score (nSPS) is 21.8. The van der Waals surface area contributed by atoms with E-state index in [0.29, 0.717) is 6.54 Å². The highest BCUT2D eigenvalue weighted by Gasteiger charge is 2.58. The van der Waals surface area contributed by atoms with Crippen molar-refractivity contribution in [1.29, 1.82) is 0 Å². The molecule has 0 saturated heterocycles. The highest BCUT2D eigenvalue weighted by atomic mass is 16.5. The van der Waals surface area contributed by atoms with Gasteiger partial charge in [-0.3, -0.25) is 4.79 Å². The van der Waals surface area contributed by atoms with E-state index in [4.69, 9.17) is 4.74 Å². The monoisotopic (exact) mass is 442 g/mol. The third-order valence-corrected chi connectivity index (χ3v) is 7.08. The van der Waals surface area contributed by atoms with E-state index in [1.54, 1.807) is 0 Å². The van der Waals surface area contributed by atoms with Gasteiger partial charge in [0, 0.05) is 22.9 Å². The lowest BCUT2D eigenvalue weighted by Gasteiger charge is -2.46. The van der Waals surface area contributed by atoms with Crippen molar-refractivity contribution >= 4 is 23.4 Å². The lowest BCUT2D eigenvalue weighted by molar-refractivity contribution is -0.147. The van der Waals surface area contributed by atoms with Crippen molar-refractivity contribution in [2.75, 3.05) is 9.80 Å². The molecule has 34 heavy (non-hydrogen) atoms. The maximum absolute atomic E-state index is 14.5. The van der Waals surface area contributed by atoms with Crippen LogP contribution in [0.25, 0.3) is 6.08 Å². The Kier molecular flexibility index (Phi) is 4.08. The molecule has 0 aliphatic carbocycles. The minimum atomic E-state index is -1.21. The predicted octanol–water partition coefficient (Wildman–Crippen LogP) is 6.00. The lowest BCUT2D eigenvalue weighted by Crippen LogP contribution is -2.50. The van der Waals surface area contributed by atoms with Crippen molar-refractivity contribution in [1.82, 2.24) is 0 Å². The molecule has 3 aliphatic rings. The third-order valence-electron chi connectivity index (χ3n) is 7.08. The van der Waals surface area contributed by atoms with Gasteiger partial charge in [0.15, 0.2) is 6.23 Å². The van der Waals surface area contributed by atoms with E-state index in [2.05, 4.69) is 47.5 Å². The largest absolute Gasteiger partial charge is 0.328 e. The first-order valence-electron chi connectivity index (χ1n) is 11.6. The zero-order valence-electron chi connectivity index (χ0n) is 18.5. The van der Waals surface area contributed by atoms with Crippen LogP contribution < -0.4 is 9.80 Å². The van der Waals surface area contributed by atoms with E-state index in [1.807, 2.05) is 77.7 Å². The fourth-order valence-corrected chi connectivity index (χ4v) is 5.55. The van der Waals surface area contributed by atoms with Gasteiger partial charge in [-0.05, 0) is 29.3 Å². The molecule has 0 radical (unpaired) electrons. The molecule has 1 amide bonds. The van der Waals surface area contributed by atoms with Crippen LogP contribution in [-0.4, -0.2) is 5.91 Å². The molecule has 7 rings (SSSR count). The molecule has 0 N–H and O–H groups in total. The molecule has 4 heteroatoms. The first-order valence-corrected chi connectivity index (χ1v) is 11.6. The van der Waals surface area contributed by atoms with Gasteiger partial charge in [-0.2, -0.15) is 0 Å². The van der Waals surface area contributed by atoms with Crippen molar-refractivity contribution in [3.63, 3.8) is 0 Å². The van der Waals surface area contributed by atoms with Crippen molar-refractivity contribution in [3.05, 3.63) is 137 Å². The molecule has 0 saturated carbocycles. The summed E-state index contributed by atoms with van der Waals surface area (Å²) in [6.07, 6.45) is 3.77. The zero-order valence-corrected chi connectivity index (χ0v) is 18.5. The topological polar surface area (TPSA) is 32.8 Å². The summed E-state index contributed by atoms with van der Waals surface area (Å²) in [4.78, 5) is 18.5. The van der Waals surface area contributed by atoms with E-state index >= 15 is 0 Å². The zero-order chi connectivity index (χ0) is 22.7. The van der Waals surface area contributed by atoms with Crippen LogP contribution >= 0.6 is 0 Å². The molecule has 4 nitrogen and oxygen atoms in total. The number of para-hydroxylation sites is 2. The summed E-state index contributed by atoms with van der Waals surface area (Å²) >= 11 is 0. The van der Waals surface area contributed by atoms with Crippen LogP contribution in [0.2, 0.25) is 0 Å². The standard InChI is InChI=1S/C30H22N2O2/c33-29-30(25-15-7-9-17-27(25)32(29)20-21-10-2-1-3-11-21)24-14-6-8-16-26(24)31-19-18-22-12-4-5-13-23(22)28(31)34-30/h1-19,28H,20H2. The minimum absolute atomic E-state index is 0.0447. The molecule has 3 heterocycles. The number of hydrogen-bond donors (Lipinski definition) is 0. The van der Waals surface area contributed by atoms with Gasteiger partial charge < -0.3 is 14.5 Å². The van der Waals surface area contributed by atoms with Gasteiger partial charge in [0.2, 0.25) is 5.60 Å². The van der Waals surface area contributed by atoms with Gasteiger partial charge in [-0.25, -0.2) is 0 Å². The van der Waals surface area contributed by atoms with Crippen molar-refractivity contribution in [3.8, 4) is 0 Å². The summed E-state index contributed by atoms with van der Waals surface area (Å²) in [5.74, 6) is -0.0447. The summed E-state index contributed by atoms with van der Waals surface area (Å²) in [6.45, 7) is 0.495. The van der Waals surface area contributed by atoms with Gasteiger partial charge in [0.05, 0.1) is 17.9 Å². The molecule has 0 fully saturated rings. The molecular weight excluding hydrogens is 420 g/mol. The fourth-order valence-electron chi connectivity index (χ4n) is 5.55. The first kappa shape index (κ1) is 19.3. The molecule has 4 aromatic rings. The number of fused-ring (bicyclic) bond motifs is 8. The number of carbonyl (C=O) groups is 1. The Bertz CT molecular complexity index is 1460. The van der Waals surface area contributed by atoms with E-state index < -0.39 is 11.8 Å². The van der Waals surface area contributed by atoms with Gasteiger partial charge >= 0.3 is 0 Å². The SMILES string of the molecule is O=C1N(Cc2ccccc2)c2ccccc2C12OC1c3ccccc3C=CN1c1ccccc12. The number of benzene rings is 4. The Morgan fingerprint density at radius 3 is 2.21 bits per heavy atom. The molecule has 2 unspecified atom stereocenters. The van der Waals surface area contributed by atoms with Crippen LogP contribution in [0.5, 0.6) is 0 Å². The predicted molar refractivity (Wildman–Crippen MR) is 133 cm³/mol. The second-order valence-corrected chi connectivity index (χ2v) is 8.91. The summed E-state index contributed by atoms with van der Waals surface area (Å²) in [5.41, 5.74) is 5.72. The smallest absolute Gasteiger partial charge is 0.269 e. The van der Waals surface area contributed by atoms with Gasteiger partial charge in [0.1, 0.15) is 0 Å². The van der Waals surface area contributed by atoms with Crippen LogP contribution in [0.1, 0.15) is 34.0 Å². The number of carbonyl (C=O) groups excluding carboxylic acids is 1. The second-order valence-electron chi connectivity index (χ2n) is 8.91. The Hall–Kier alpha value is -4.15. The van der Waals surface area contributed by atoms with Crippen LogP contribution in [-0.2, 0) is 21.7 Å². The number of anilines is 2. The molecule has 4 aromatic carbocycles.